The van der Waals surface area contributed by atoms with Crippen molar-refractivity contribution in [3.63, 3.8) is 0 Å². The van der Waals surface area contributed by atoms with Crippen molar-refractivity contribution in [2.75, 3.05) is 38.7 Å². The molecule has 1 saturated heterocycles. The van der Waals surface area contributed by atoms with Gasteiger partial charge >= 0.3 is 0 Å². The number of nitrogens with one attached hydrogen (secondary N) is 2. The van der Waals surface area contributed by atoms with Crippen molar-refractivity contribution in [3.05, 3.63) is 17.0 Å². The predicted octanol–water partition coefficient (Wildman–Crippen LogP) is 1.94. The SMILES string of the molecule is COCCN1CCC(NC(=O)c2ccc(NC(=O)C3CC3)s2)CC1. The highest BCUT2D eigenvalue weighted by atomic mass is 32.1. The van der Waals surface area contributed by atoms with Crippen LogP contribution in [0.15, 0.2) is 12.1 Å². The molecule has 1 aromatic rings. The Morgan fingerprint density at radius 2 is 2.00 bits per heavy atom. The Kier molecular flexibility index (Phi) is 5.86. The van der Waals surface area contributed by atoms with Crippen LogP contribution in [0, 0.1) is 5.92 Å². The number of likely N-dealkylation sites (tertiary alicyclic amines) is 1. The molecule has 6 nitrogen and oxygen atoms in total. The summed E-state index contributed by atoms with van der Waals surface area (Å²) >= 11 is 1.34. The van der Waals surface area contributed by atoms with E-state index in [0.29, 0.717) is 4.88 Å². The second kappa shape index (κ2) is 8.09. The number of hydrogen-bond acceptors (Lipinski definition) is 5. The van der Waals surface area contributed by atoms with Crippen LogP contribution >= 0.6 is 11.3 Å². The van der Waals surface area contributed by atoms with Gasteiger partial charge in [-0.25, -0.2) is 0 Å². The third-order valence-corrected chi connectivity index (χ3v) is 5.56. The summed E-state index contributed by atoms with van der Waals surface area (Å²) in [6, 6.07) is 3.83. The van der Waals surface area contributed by atoms with E-state index in [1.54, 1.807) is 13.2 Å². The lowest BCUT2D eigenvalue weighted by Crippen LogP contribution is -2.45. The van der Waals surface area contributed by atoms with Gasteiger partial charge in [0.2, 0.25) is 5.91 Å². The van der Waals surface area contributed by atoms with Crippen molar-refractivity contribution in [3.8, 4) is 0 Å². The molecule has 2 fully saturated rings. The molecule has 1 aromatic heterocycles. The summed E-state index contributed by atoms with van der Waals surface area (Å²) in [5.41, 5.74) is 0. The van der Waals surface area contributed by atoms with E-state index in [1.807, 2.05) is 6.07 Å². The number of ether oxygens (including phenoxy) is 1. The van der Waals surface area contributed by atoms with E-state index < -0.39 is 0 Å². The molecule has 2 amide bonds. The molecule has 1 aliphatic heterocycles. The first-order valence-electron chi connectivity index (χ1n) is 8.58. The first-order chi connectivity index (χ1) is 11.7. The number of nitrogens with zero attached hydrogens (tertiary/aromatic N) is 1. The van der Waals surface area contributed by atoms with E-state index in [9.17, 15) is 9.59 Å². The number of amides is 2. The zero-order valence-electron chi connectivity index (χ0n) is 14.0. The number of carbonyl (C=O) groups is 2. The summed E-state index contributed by atoms with van der Waals surface area (Å²) in [4.78, 5) is 27.1. The Labute approximate surface area is 146 Å². The van der Waals surface area contributed by atoms with Crippen LogP contribution in [0.5, 0.6) is 0 Å². The average molecular weight is 351 g/mol. The van der Waals surface area contributed by atoms with Crippen molar-refractivity contribution in [1.29, 1.82) is 0 Å². The van der Waals surface area contributed by atoms with Crippen LogP contribution in [0.4, 0.5) is 5.00 Å². The Bertz CT molecular complexity index is 577. The molecule has 7 heteroatoms. The van der Waals surface area contributed by atoms with Gasteiger partial charge < -0.3 is 20.3 Å². The Balaban J connectivity index is 1.43. The van der Waals surface area contributed by atoms with Gasteiger partial charge in [0, 0.05) is 38.7 Å². The molecule has 0 bridgehead atoms. The zero-order valence-corrected chi connectivity index (χ0v) is 14.9. The third-order valence-electron chi connectivity index (χ3n) is 4.56. The van der Waals surface area contributed by atoms with Gasteiger partial charge in [-0.05, 0) is 37.8 Å². The summed E-state index contributed by atoms with van der Waals surface area (Å²) < 4.78 is 5.10. The predicted molar refractivity (Wildman–Crippen MR) is 94.5 cm³/mol. The van der Waals surface area contributed by atoms with Gasteiger partial charge in [-0.1, -0.05) is 0 Å². The molecule has 0 unspecified atom stereocenters. The fraction of sp³-hybridized carbons (Fsp3) is 0.647. The molecule has 2 aliphatic rings. The number of methoxy groups -OCH3 is 1. The fourth-order valence-electron chi connectivity index (χ4n) is 2.87. The number of rotatable bonds is 7. The molecule has 0 aromatic carbocycles. The first kappa shape index (κ1) is 17.4. The first-order valence-corrected chi connectivity index (χ1v) is 9.40. The van der Waals surface area contributed by atoms with Crippen molar-refractivity contribution in [1.82, 2.24) is 10.2 Å². The van der Waals surface area contributed by atoms with Crippen molar-refractivity contribution < 1.29 is 14.3 Å². The van der Waals surface area contributed by atoms with Gasteiger partial charge in [0.1, 0.15) is 0 Å². The van der Waals surface area contributed by atoms with Gasteiger partial charge in [-0.3, -0.25) is 9.59 Å². The summed E-state index contributed by atoms with van der Waals surface area (Å²) in [6.45, 7) is 3.68. The molecule has 2 N–H and O–H groups in total. The molecular formula is C17H25N3O3S. The molecule has 0 spiro atoms. The Morgan fingerprint density at radius 3 is 2.67 bits per heavy atom. The van der Waals surface area contributed by atoms with Crippen molar-refractivity contribution in [2.45, 2.75) is 31.7 Å². The van der Waals surface area contributed by atoms with Gasteiger partial charge in [-0.15, -0.1) is 11.3 Å². The van der Waals surface area contributed by atoms with E-state index in [2.05, 4.69) is 15.5 Å². The van der Waals surface area contributed by atoms with Crippen LogP contribution in [-0.2, 0) is 9.53 Å². The third kappa shape index (κ3) is 4.78. The maximum Gasteiger partial charge on any atom is 0.261 e. The van der Waals surface area contributed by atoms with Crippen LogP contribution in [0.2, 0.25) is 0 Å². The highest BCUT2D eigenvalue weighted by molar-refractivity contribution is 7.18. The summed E-state index contributed by atoms with van der Waals surface area (Å²) in [7, 11) is 1.72. The maximum atomic E-state index is 12.4. The highest BCUT2D eigenvalue weighted by Crippen LogP contribution is 2.31. The maximum absolute atomic E-state index is 12.4. The normalized spacial score (nSPS) is 19.2. The number of anilines is 1. The van der Waals surface area contributed by atoms with Crippen LogP contribution < -0.4 is 10.6 Å². The van der Waals surface area contributed by atoms with Crippen LogP contribution in [0.3, 0.4) is 0 Å². The lowest BCUT2D eigenvalue weighted by atomic mass is 10.1. The van der Waals surface area contributed by atoms with E-state index in [-0.39, 0.29) is 23.8 Å². The van der Waals surface area contributed by atoms with Gasteiger partial charge in [0.15, 0.2) is 0 Å². The second-order valence-corrected chi connectivity index (χ2v) is 7.59. The fourth-order valence-corrected chi connectivity index (χ4v) is 3.69. The molecule has 0 atom stereocenters. The standard InChI is InChI=1S/C17H25N3O3S/c1-23-11-10-20-8-6-13(7-9-20)18-17(22)14-4-5-15(24-14)19-16(21)12-2-3-12/h4-5,12-13H,2-3,6-11H2,1H3,(H,18,22)(H,19,21). The summed E-state index contributed by atoms with van der Waals surface area (Å²) in [6.07, 6.45) is 3.89. The van der Waals surface area contributed by atoms with E-state index in [4.69, 9.17) is 4.74 Å². The van der Waals surface area contributed by atoms with Crippen LogP contribution in [0.25, 0.3) is 0 Å². The molecule has 0 radical (unpaired) electrons. The largest absolute Gasteiger partial charge is 0.383 e. The number of piperidine rings is 1. The monoisotopic (exact) mass is 351 g/mol. The van der Waals surface area contributed by atoms with E-state index >= 15 is 0 Å². The lowest BCUT2D eigenvalue weighted by molar-refractivity contribution is -0.117. The quantitative estimate of drug-likeness (QED) is 0.788. The minimum atomic E-state index is -0.0396. The van der Waals surface area contributed by atoms with E-state index in [0.717, 1.165) is 56.9 Å². The number of hydrogen-bond donors (Lipinski definition) is 2. The average Bonchev–Trinajstić information content (AvgIpc) is 3.34. The molecule has 24 heavy (non-hydrogen) atoms. The molecule has 1 saturated carbocycles. The zero-order chi connectivity index (χ0) is 16.9. The topological polar surface area (TPSA) is 70.7 Å². The van der Waals surface area contributed by atoms with Crippen LogP contribution in [0.1, 0.15) is 35.4 Å². The lowest BCUT2D eigenvalue weighted by Gasteiger charge is -2.32. The number of thiophene rings is 1. The van der Waals surface area contributed by atoms with Crippen LogP contribution in [-0.4, -0.2) is 56.1 Å². The minimum Gasteiger partial charge on any atom is -0.383 e. The van der Waals surface area contributed by atoms with Gasteiger partial charge in [-0.2, -0.15) is 0 Å². The molecule has 1 aliphatic carbocycles. The Hall–Kier alpha value is -1.44. The smallest absolute Gasteiger partial charge is 0.261 e. The minimum absolute atomic E-state index is 0.0396. The summed E-state index contributed by atoms with van der Waals surface area (Å²) in [5, 5.41) is 6.76. The molecular weight excluding hydrogens is 326 g/mol. The van der Waals surface area contributed by atoms with Gasteiger partial charge in [0.25, 0.3) is 5.91 Å². The van der Waals surface area contributed by atoms with Crippen molar-refractivity contribution in [2.24, 2.45) is 5.92 Å². The molecule has 132 valence electrons. The highest BCUT2D eigenvalue weighted by Gasteiger charge is 2.30. The van der Waals surface area contributed by atoms with E-state index in [1.165, 1.54) is 11.3 Å². The second-order valence-electron chi connectivity index (χ2n) is 6.51. The van der Waals surface area contributed by atoms with Crippen molar-refractivity contribution >= 4 is 28.2 Å². The van der Waals surface area contributed by atoms with Gasteiger partial charge in [0.05, 0.1) is 16.5 Å². The molecule has 2 heterocycles. The number of carbonyl (C=O) groups excluding carboxylic acids is 2. The molecule has 3 rings (SSSR count). The summed E-state index contributed by atoms with van der Waals surface area (Å²) in [5.74, 6) is 0.210. The Morgan fingerprint density at radius 1 is 1.25 bits per heavy atom.